The zero-order chi connectivity index (χ0) is 14.4. The van der Waals surface area contributed by atoms with E-state index in [4.69, 9.17) is 9.84 Å². The van der Waals surface area contributed by atoms with Gasteiger partial charge >= 0.3 is 6.09 Å². The average molecular weight is 278 g/mol. The maximum Gasteiger partial charge on any atom is 0.410 e. The summed E-state index contributed by atoms with van der Waals surface area (Å²) in [5, 5.41) is 8.82. The van der Waals surface area contributed by atoms with E-state index in [9.17, 15) is 9.59 Å². The largest absolute Gasteiger partial charge is 0.445 e. The van der Waals surface area contributed by atoms with Crippen LogP contribution in [0.15, 0.2) is 30.3 Å². The molecule has 2 rings (SSSR count). The van der Waals surface area contributed by atoms with Crippen LogP contribution < -0.4 is 0 Å². The maximum absolute atomic E-state index is 11.9. The lowest BCUT2D eigenvalue weighted by Gasteiger charge is -2.33. The number of β-amino-alcohol motifs (C(OH)–C–C–N with tert-alkyl or cyclic N) is 1. The molecule has 2 amide bonds. The normalized spacial score (nSPS) is 15.3. The molecule has 1 aromatic rings. The summed E-state index contributed by atoms with van der Waals surface area (Å²) in [5.41, 5.74) is 0.908. The number of rotatable bonds is 4. The van der Waals surface area contributed by atoms with E-state index < -0.39 is 6.09 Å². The van der Waals surface area contributed by atoms with Gasteiger partial charge in [0.1, 0.15) is 13.2 Å². The zero-order valence-corrected chi connectivity index (χ0v) is 11.2. The summed E-state index contributed by atoms with van der Waals surface area (Å²) in [5.74, 6) is -0.165. The van der Waals surface area contributed by atoms with Crippen molar-refractivity contribution in [2.75, 3.05) is 32.8 Å². The number of aliphatic hydroxyl groups is 1. The monoisotopic (exact) mass is 278 g/mol. The number of carbonyl (C=O) groups excluding carboxylic acids is 2. The lowest BCUT2D eigenvalue weighted by molar-refractivity contribution is -0.135. The van der Waals surface area contributed by atoms with Crippen LogP contribution in [0.2, 0.25) is 0 Å². The average Bonchev–Trinajstić information content (AvgIpc) is 2.48. The van der Waals surface area contributed by atoms with Crippen molar-refractivity contribution in [2.45, 2.75) is 6.61 Å². The third kappa shape index (κ3) is 3.71. The number of carbonyl (C=O) groups is 2. The fraction of sp³-hybridized carbons (Fsp3) is 0.429. The first-order valence-electron chi connectivity index (χ1n) is 6.55. The first kappa shape index (κ1) is 14.3. The molecule has 1 aliphatic rings. The number of hydrogen-bond acceptors (Lipinski definition) is 4. The molecule has 1 aliphatic heterocycles. The van der Waals surface area contributed by atoms with Crippen LogP contribution >= 0.6 is 0 Å². The Morgan fingerprint density at radius 3 is 2.65 bits per heavy atom. The Morgan fingerprint density at radius 1 is 1.25 bits per heavy atom. The molecule has 0 radical (unpaired) electrons. The molecule has 0 bridgehead atoms. The van der Waals surface area contributed by atoms with E-state index in [1.807, 2.05) is 30.3 Å². The highest BCUT2D eigenvalue weighted by molar-refractivity contribution is 5.83. The molecule has 0 aromatic heterocycles. The van der Waals surface area contributed by atoms with Gasteiger partial charge in [-0.1, -0.05) is 30.3 Å². The van der Waals surface area contributed by atoms with E-state index in [1.54, 1.807) is 4.90 Å². The molecule has 1 fully saturated rings. The minimum Gasteiger partial charge on any atom is -0.445 e. The van der Waals surface area contributed by atoms with Crippen molar-refractivity contribution in [3.05, 3.63) is 35.9 Å². The molecule has 20 heavy (non-hydrogen) atoms. The second-order valence-corrected chi connectivity index (χ2v) is 4.57. The van der Waals surface area contributed by atoms with Crippen LogP contribution in [0.5, 0.6) is 0 Å². The van der Waals surface area contributed by atoms with Crippen LogP contribution in [0.1, 0.15) is 5.56 Å². The van der Waals surface area contributed by atoms with Crippen molar-refractivity contribution < 1.29 is 19.4 Å². The van der Waals surface area contributed by atoms with Crippen LogP contribution in [0, 0.1) is 0 Å². The molecule has 1 aromatic carbocycles. The maximum atomic E-state index is 11.9. The highest BCUT2D eigenvalue weighted by Crippen LogP contribution is 2.07. The predicted molar refractivity (Wildman–Crippen MR) is 71.9 cm³/mol. The van der Waals surface area contributed by atoms with E-state index in [1.165, 1.54) is 4.90 Å². The van der Waals surface area contributed by atoms with Crippen molar-refractivity contribution in [1.29, 1.82) is 0 Å². The third-order valence-corrected chi connectivity index (χ3v) is 3.15. The van der Waals surface area contributed by atoms with Gasteiger partial charge in [-0.3, -0.25) is 9.69 Å². The number of hydrogen-bond donors (Lipinski definition) is 1. The van der Waals surface area contributed by atoms with Gasteiger partial charge in [0, 0.05) is 19.6 Å². The van der Waals surface area contributed by atoms with Crippen molar-refractivity contribution >= 4 is 12.0 Å². The summed E-state index contributed by atoms with van der Waals surface area (Å²) in [6.07, 6.45) is -0.481. The Bertz CT molecular complexity index is 464. The Kier molecular flexibility index (Phi) is 4.95. The molecule has 1 saturated heterocycles. The second kappa shape index (κ2) is 6.91. The van der Waals surface area contributed by atoms with Crippen LogP contribution in [0.3, 0.4) is 0 Å². The summed E-state index contributed by atoms with van der Waals surface area (Å²) in [4.78, 5) is 26.5. The van der Waals surface area contributed by atoms with Crippen LogP contribution in [0.4, 0.5) is 4.79 Å². The van der Waals surface area contributed by atoms with E-state index >= 15 is 0 Å². The van der Waals surface area contributed by atoms with Crippen LogP contribution in [0.25, 0.3) is 0 Å². The first-order valence-corrected chi connectivity index (χ1v) is 6.55. The molecule has 0 spiro atoms. The number of benzene rings is 1. The Morgan fingerprint density at radius 2 is 2.00 bits per heavy atom. The molecule has 0 unspecified atom stereocenters. The van der Waals surface area contributed by atoms with E-state index in [0.29, 0.717) is 19.6 Å². The second-order valence-electron chi connectivity index (χ2n) is 4.57. The molecular weight excluding hydrogens is 260 g/mol. The number of amides is 2. The minimum atomic E-state index is -0.481. The van der Waals surface area contributed by atoms with Crippen LogP contribution in [-0.4, -0.2) is 59.7 Å². The molecule has 1 heterocycles. The van der Waals surface area contributed by atoms with Gasteiger partial charge in [-0.05, 0) is 5.56 Å². The quantitative estimate of drug-likeness (QED) is 0.868. The molecule has 108 valence electrons. The number of ether oxygens (including phenoxy) is 1. The van der Waals surface area contributed by atoms with E-state index in [-0.39, 0.29) is 25.7 Å². The smallest absolute Gasteiger partial charge is 0.410 e. The van der Waals surface area contributed by atoms with Gasteiger partial charge in [0.25, 0.3) is 0 Å². The minimum absolute atomic E-state index is 0.00756. The first-order chi connectivity index (χ1) is 9.70. The number of aliphatic hydroxyl groups excluding tert-OH is 1. The van der Waals surface area contributed by atoms with Gasteiger partial charge in [-0.25, -0.2) is 4.79 Å². The highest BCUT2D eigenvalue weighted by atomic mass is 16.6. The molecule has 0 saturated carbocycles. The number of piperazine rings is 1. The molecule has 0 atom stereocenters. The van der Waals surface area contributed by atoms with Crippen molar-refractivity contribution in [3.63, 3.8) is 0 Å². The topological polar surface area (TPSA) is 70.1 Å². The third-order valence-electron chi connectivity index (χ3n) is 3.15. The van der Waals surface area contributed by atoms with Gasteiger partial charge < -0.3 is 14.7 Å². The Hall–Kier alpha value is -2.08. The van der Waals surface area contributed by atoms with Crippen molar-refractivity contribution in [2.24, 2.45) is 0 Å². The highest BCUT2D eigenvalue weighted by Gasteiger charge is 2.27. The van der Waals surface area contributed by atoms with Crippen molar-refractivity contribution in [1.82, 2.24) is 9.80 Å². The number of nitrogens with zero attached hydrogens (tertiary/aromatic N) is 2. The van der Waals surface area contributed by atoms with Gasteiger partial charge in [0.05, 0.1) is 6.61 Å². The Balaban J connectivity index is 1.81. The summed E-state index contributed by atoms with van der Waals surface area (Å²) >= 11 is 0. The summed E-state index contributed by atoms with van der Waals surface area (Å²) in [6, 6.07) is 9.39. The van der Waals surface area contributed by atoms with Gasteiger partial charge in [0.15, 0.2) is 0 Å². The summed E-state index contributed by atoms with van der Waals surface area (Å²) < 4.78 is 5.18. The summed E-state index contributed by atoms with van der Waals surface area (Å²) in [6.45, 7) is 1.31. The molecule has 1 N–H and O–H groups in total. The van der Waals surface area contributed by atoms with Crippen molar-refractivity contribution in [3.8, 4) is 0 Å². The van der Waals surface area contributed by atoms with E-state index in [0.717, 1.165) is 5.56 Å². The summed E-state index contributed by atoms with van der Waals surface area (Å²) in [7, 11) is 0. The standard InChI is InChI=1S/C14H18N2O4/c17-9-8-15-6-7-16(10-13(15)18)14(19)20-11-12-4-2-1-3-5-12/h1-5,17H,6-11H2. The van der Waals surface area contributed by atoms with Gasteiger partial charge in [-0.2, -0.15) is 0 Å². The van der Waals surface area contributed by atoms with Gasteiger partial charge in [0.2, 0.25) is 5.91 Å². The molecular formula is C14H18N2O4. The Labute approximate surface area is 117 Å². The van der Waals surface area contributed by atoms with Crippen LogP contribution in [-0.2, 0) is 16.1 Å². The van der Waals surface area contributed by atoms with E-state index in [2.05, 4.69) is 0 Å². The lowest BCUT2D eigenvalue weighted by atomic mass is 10.2. The zero-order valence-electron chi connectivity index (χ0n) is 11.2. The van der Waals surface area contributed by atoms with Gasteiger partial charge in [-0.15, -0.1) is 0 Å². The predicted octanol–water partition coefficient (Wildman–Crippen LogP) is 0.460. The SMILES string of the molecule is O=C1CN(C(=O)OCc2ccccc2)CCN1CCO. The lowest BCUT2D eigenvalue weighted by Crippen LogP contribution is -2.52. The fourth-order valence-corrected chi connectivity index (χ4v) is 2.03. The molecule has 0 aliphatic carbocycles. The fourth-order valence-electron chi connectivity index (χ4n) is 2.03. The molecule has 6 nitrogen and oxygen atoms in total. The molecule has 6 heteroatoms.